The van der Waals surface area contributed by atoms with Crippen molar-refractivity contribution in [3.63, 3.8) is 0 Å². The van der Waals surface area contributed by atoms with Gasteiger partial charge in [0, 0.05) is 29.1 Å². The Bertz CT molecular complexity index is 765. The largest absolute Gasteiger partial charge is 0.507 e. The Morgan fingerprint density at radius 3 is 2.50 bits per heavy atom. The summed E-state index contributed by atoms with van der Waals surface area (Å²) in [6.45, 7) is 1.74. The van der Waals surface area contributed by atoms with Crippen molar-refractivity contribution in [3.8, 4) is 11.5 Å². The number of fused-ring (bicyclic) bond motifs is 2. The molecule has 5 nitrogen and oxygen atoms in total. The molecule has 1 aliphatic rings. The number of pyridine rings is 1. The predicted molar refractivity (Wildman–Crippen MR) is 70.5 cm³/mol. The monoisotopic (exact) mass is 269 g/mol. The van der Waals surface area contributed by atoms with E-state index >= 15 is 0 Å². The van der Waals surface area contributed by atoms with E-state index in [0.717, 1.165) is 0 Å². The Hall–Kier alpha value is -2.69. The van der Waals surface area contributed by atoms with E-state index in [1.807, 2.05) is 0 Å². The van der Waals surface area contributed by atoms with Crippen molar-refractivity contribution in [2.75, 3.05) is 7.11 Å². The minimum absolute atomic E-state index is 0.0221. The fraction of sp³-hybridized carbons (Fsp3) is 0.133. The van der Waals surface area contributed by atoms with Gasteiger partial charge in [-0.15, -0.1) is 0 Å². The Balaban J connectivity index is 2.32. The van der Waals surface area contributed by atoms with E-state index in [2.05, 4.69) is 4.98 Å². The number of carbonyl (C=O) groups excluding carboxylic acids is 2. The summed E-state index contributed by atoms with van der Waals surface area (Å²) in [6, 6.07) is 4.34. The van der Waals surface area contributed by atoms with Crippen LogP contribution in [0, 0.1) is 6.92 Å². The molecule has 0 radical (unpaired) electrons. The van der Waals surface area contributed by atoms with Crippen LogP contribution in [0.15, 0.2) is 24.4 Å². The van der Waals surface area contributed by atoms with Crippen LogP contribution in [-0.2, 0) is 0 Å². The van der Waals surface area contributed by atoms with Gasteiger partial charge in [0.25, 0.3) is 0 Å². The summed E-state index contributed by atoms with van der Waals surface area (Å²) in [5.41, 5.74) is 1.33. The van der Waals surface area contributed by atoms with Crippen LogP contribution in [-0.4, -0.2) is 28.8 Å². The lowest BCUT2D eigenvalue weighted by atomic mass is 9.84. The summed E-state index contributed by atoms with van der Waals surface area (Å²) in [5.74, 6) is -0.639. The highest BCUT2D eigenvalue weighted by Gasteiger charge is 2.33. The molecule has 0 saturated heterocycles. The lowest BCUT2D eigenvalue weighted by Crippen LogP contribution is -2.21. The van der Waals surface area contributed by atoms with Gasteiger partial charge in [0.1, 0.15) is 11.5 Å². The lowest BCUT2D eigenvalue weighted by molar-refractivity contribution is 0.0976. The smallest absolute Gasteiger partial charge is 0.198 e. The van der Waals surface area contributed by atoms with Gasteiger partial charge in [-0.3, -0.25) is 14.6 Å². The topological polar surface area (TPSA) is 76.5 Å². The Kier molecular flexibility index (Phi) is 2.57. The number of aryl methyl sites for hydroxylation is 1. The van der Waals surface area contributed by atoms with Gasteiger partial charge in [-0.1, -0.05) is 0 Å². The van der Waals surface area contributed by atoms with E-state index in [4.69, 9.17) is 4.74 Å². The van der Waals surface area contributed by atoms with Gasteiger partial charge in [0.05, 0.1) is 18.2 Å². The Morgan fingerprint density at radius 1 is 1.05 bits per heavy atom. The van der Waals surface area contributed by atoms with Crippen molar-refractivity contribution in [1.82, 2.24) is 4.98 Å². The van der Waals surface area contributed by atoms with E-state index in [0.29, 0.717) is 11.4 Å². The minimum Gasteiger partial charge on any atom is -0.507 e. The number of phenols is 1. The fourth-order valence-electron chi connectivity index (χ4n) is 2.34. The summed E-state index contributed by atoms with van der Waals surface area (Å²) < 4.78 is 5.01. The molecule has 1 N–H and O–H groups in total. The van der Waals surface area contributed by atoms with Crippen molar-refractivity contribution < 1.29 is 19.4 Å². The molecule has 0 amide bonds. The van der Waals surface area contributed by atoms with Gasteiger partial charge in [0.15, 0.2) is 11.6 Å². The van der Waals surface area contributed by atoms with E-state index in [9.17, 15) is 14.7 Å². The predicted octanol–water partition coefficient (Wildman–Crippen LogP) is 1.88. The van der Waals surface area contributed by atoms with Gasteiger partial charge in [-0.25, -0.2) is 0 Å². The van der Waals surface area contributed by atoms with Crippen molar-refractivity contribution >= 4 is 11.6 Å². The minimum atomic E-state index is -0.375. The van der Waals surface area contributed by atoms with Crippen LogP contribution in [0.5, 0.6) is 11.5 Å². The summed E-state index contributed by atoms with van der Waals surface area (Å²) in [6.07, 6.45) is 1.39. The molecule has 100 valence electrons. The van der Waals surface area contributed by atoms with Crippen LogP contribution in [0.1, 0.15) is 37.5 Å². The number of carbonyl (C=O) groups is 2. The van der Waals surface area contributed by atoms with Crippen LogP contribution in [0.2, 0.25) is 0 Å². The number of ketones is 2. The first-order valence-electron chi connectivity index (χ1n) is 6.00. The maximum absolute atomic E-state index is 12.4. The number of hydrogen-bond donors (Lipinski definition) is 1. The third-order valence-corrected chi connectivity index (χ3v) is 3.33. The van der Waals surface area contributed by atoms with E-state index in [-0.39, 0.29) is 39.6 Å². The first kappa shape index (κ1) is 12.3. The van der Waals surface area contributed by atoms with Crippen LogP contribution in [0.4, 0.5) is 0 Å². The molecule has 1 aromatic heterocycles. The first-order chi connectivity index (χ1) is 9.52. The highest BCUT2D eigenvalue weighted by Crippen LogP contribution is 2.35. The highest BCUT2D eigenvalue weighted by atomic mass is 16.5. The molecular weight excluding hydrogens is 258 g/mol. The molecule has 0 atom stereocenters. The van der Waals surface area contributed by atoms with Gasteiger partial charge in [0.2, 0.25) is 0 Å². The second-order valence-corrected chi connectivity index (χ2v) is 4.60. The maximum Gasteiger partial charge on any atom is 0.198 e. The summed E-state index contributed by atoms with van der Waals surface area (Å²) in [7, 11) is 1.43. The fourth-order valence-corrected chi connectivity index (χ4v) is 2.34. The number of phenolic OH excluding ortho intramolecular Hbond substituents is 1. The number of rotatable bonds is 1. The zero-order valence-electron chi connectivity index (χ0n) is 10.9. The number of methoxy groups -OCH3 is 1. The molecular formula is C15H11NO4. The van der Waals surface area contributed by atoms with Crippen molar-refractivity contribution in [3.05, 3.63) is 52.3 Å². The molecule has 0 saturated carbocycles. The molecule has 1 heterocycles. The molecule has 1 aliphatic carbocycles. The molecule has 0 spiro atoms. The van der Waals surface area contributed by atoms with E-state index < -0.39 is 0 Å². The molecule has 2 aromatic rings. The van der Waals surface area contributed by atoms with E-state index in [1.165, 1.54) is 25.4 Å². The highest BCUT2D eigenvalue weighted by molar-refractivity contribution is 6.29. The standard InChI is InChI=1S/C15H11NO4/c1-7-3-9-11(6-16-7)14(18)10-4-8(20-2)5-12(17)13(10)15(9)19/h3-6,17H,1-2H3. The molecule has 0 unspecified atom stereocenters. The van der Waals surface area contributed by atoms with Crippen LogP contribution < -0.4 is 4.74 Å². The third kappa shape index (κ3) is 1.60. The Morgan fingerprint density at radius 2 is 1.80 bits per heavy atom. The summed E-state index contributed by atoms with van der Waals surface area (Å²) >= 11 is 0. The normalized spacial score (nSPS) is 12.9. The van der Waals surface area contributed by atoms with Gasteiger partial charge in [-0.2, -0.15) is 0 Å². The first-order valence-corrected chi connectivity index (χ1v) is 6.00. The maximum atomic E-state index is 12.4. The number of hydrogen-bond acceptors (Lipinski definition) is 5. The van der Waals surface area contributed by atoms with Gasteiger partial charge in [-0.05, 0) is 19.1 Å². The van der Waals surface area contributed by atoms with Gasteiger partial charge < -0.3 is 9.84 Å². The quantitative estimate of drug-likeness (QED) is 0.730. The zero-order valence-corrected chi connectivity index (χ0v) is 10.9. The van der Waals surface area contributed by atoms with Crippen LogP contribution in [0.3, 0.4) is 0 Å². The van der Waals surface area contributed by atoms with Gasteiger partial charge >= 0.3 is 0 Å². The van der Waals surface area contributed by atoms with Crippen molar-refractivity contribution in [1.29, 1.82) is 0 Å². The van der Waals surface area contributed by atoms with Crippen molar-refractivity contribution in [2.24, 2.45) is 0 Å². The molecule has 0 aliphatic heterocycles. The lowest BCUT2D eigenvalue weighted by Gasteiger charge is -2.19. The molecule has 5 heteroatoms. The average molecular weight is 269 g/mol. The number of aromatic hydroxyl groups is 1. The second-order valence-electron chi connectivity index (χ2n) is 4.60. The molecule has 1 aromatic carbocycles. The molecule has 0 fully saturated rings. The number of benzene rings is 1. The number of aromatic nitrogens is 1. The zero-order chi connectivity index (χ0) is 14.4. The summed E-state index contributed by atoms with van der Waals surface area (Å²) in [5, 5.41) is 9.98. The number of nitrogens with zero attached hydrogens (tertiary/aromatic N) is 1. The third-order valence-electron chi connectivity index (χ3n) is 3.33. The van der Waals surface area contributed by atoms with E-state index in [1.54, 1.807) is 13.0 Å². The van der Waals surface area contributed by atoms with Crippen LogP contribution in [0.25, 0.3) is 0 Å². The SMILES string of the molecule is COc1cc(O)c2c(c1)C(=O)c1cnc(C)cc1C2=O. The molecule has 0 bridgehead atoms. The Labute approximate surface area is 114 Å². The summed E-state index contributed by atoms with van der Waals surface area (Å²) in [4.78, 5) is 28.9. The second kappa shape index (κ2) is 4.16. The molecule has 3 rings (SSSR count). The van der Waals surface area contributed by atoms with Crippen molar-refractivity contribution in [2.45, 2.75) is 6.92 Å². The molecule has 20 heavy (non-hydrogen) atoms. The average Bonchev–Trinajstić information content (AvgIpc) is 2.43. The number of ether oxygens (including phenoxy) is 1. The van der Waals surface area contributed by atoms with Crippen LogP contribution >= 0.6 is 0 Å².